The number of H-pyrrole nitrogens is 1. The Labute approximate surface area is 141 Å². The first kappa shape index (κ1) is 17.6. The Balaban J connectivity index is 2.33. The van der Waals surface area contributed by atoms with Crippen molar-refractivity contribution in [2.45, 2.75) is 26.4 Å². The number of benzene rings is 1. The first-order chi connectivity index (χ1) is 11.6. The lowest BCUT2D eigenvalue weighted by molar-refractivity contribution is 0.0950. The van der Waals surface area contributed by atoms with Gasteiger partial charge in [-0.25, -0.2) is 0 Å². The van der Waals surface area contributed by atoms with Crippen LogP contribution in [0.1, 0.15) is 52.9 Å². The van der Waals surface area contributed by atoms with Crippen molar-refractivity contribution in [3.05, 3.63) is 53.3 Å². The zero-order chi connectivity index (χ0) is 17.5. The van der Waals surface area contributed by atoms with E-state index in [0.717, 1.165) is 12.0 Å². The minimum absolute atomic E-state index is 0.201. The Morgan fingerprint density at radius 2 is 1.88 bits per heavy atom. The summed E-state index contributed by atoms with van der Waals surface area (Å²) in [6.45, 7) is 4.35. The molecule has 3 N–H and O–H groups in total. The fraction of sp³-hybridized carbons (Fsp3) is 0.333. The Hall–Kier alpha value is -2.76. The van der Waals surface area contributed by atoms with Crippen molar-refractivity contribution in [1.29, 1.82) is 0 Å². The highest BCUT2D eigenvalue weighted by atomic mass is 16.5. The van der Waals surface area contributed by atoms with E-state index < -0.39 is 0 Å². The number of aromatic nitrogens is 1. The van der Waals surface area contributed by atoms with Crippen LogP contribution in [0.3, 0.4) is 0 Å². The number of hydrogen-bond donors (Lipinski definition) is 3. The third-order valence-corrected chi connectivity index (χ3v) is 3.63. The van der Waals surface area contributed by atoms with E-state index in [1.165, 1.54) is 7.05 Å². The highest BCUT2D eigenvalue weighted by molar-refractivity contribution is 5.99. The van der Waals surface area contributed by atoms with E-state index in [9.17, 15) is 9.59 Å². The molecule has 1 aromatic heterocycles. The SMILES string of the molecule is CCNC(=O)c1cc(OC(CC)c2ccccc2)c(C(=O)NC)[nH]1. The van der Waals surface area contributed by atoms with Gasteiger partial charge in [-0.2, -0.15) is 0 Å². The van der Waals surface area contributed by atoms with Gasteiger partial charge in [-0.1, -0.05) is 37.3 Å². The molecule has 1 aromatic carbocycles. The molecule has 0 saturated heterocycles. The van der Waals surface area contributed by atoms with Crippen molar-refractivity contribution in [1.82, 2.24) is 15.6 Å². The molecule has 1 unspecified atom stereocenters. The van der Waals surface area contributed by atoms with E-state index in [1.54, 1.807) is 6.07 Å². The Bertz CT molecular complexity index is 695. The molecule has 0 spiro atoms. The van der Waals surface area contributed by atoms with Crippen LogP contribution in [0.15, 0.2) is 36.4 Å². The second-order valence-corrected chi connectivity index (χ2v) is 5.29. The van der Waals surface area contributed by atoms with Gasteiger partial charge in [0.15, 0.2) is 5.75 Å². The number of carbonyl (C=O) groups is 2. The molecule has 24 heavy (non-hydrogen) atoms. The molecule has 2 amide bonds. The predicted molar refractivity (Wildman–Crippen MR) is 92.3 cm³/mol. The molecule has 0 bridgehead atoms. The fourth-order valence-electron chi connectivity index (χ4n) is 2.41. The first-order valence-electron chi connectivity index (χ1n) is 8.05. The summed E-state index contributed by atoms with van der Waals surface area (Å²) in [6.07, 6.45) is 0.534. The van der Waals surface area contributed by atoms with Crippen LogP contribution in [0.2, 0.25) is 0 Å². The van der Waals surface area contributed by atoms with Crippen LogP contribution in [0.25, 0.3) is 0 Å². The summed E-state index contributed by atoms with van der Waals surface area (Å²) < 4.78 is 6.04. The van der Waals surface area contributed by atoms with Crippen molar-refractivity contribution < 1.29 is 14.3 Å². The Morgan fingerprint density at radius 1 is 1.17 bits per heavy atom. The van der Waals surface area contributed by atoms with Crippen molar-refractivity contribution in [2.24, 2.45) is 0 Å². The lowest BCUT2D eigenvalue weighted by Gasteiger charge is -2.17. The molecule has 0 aliphatic rings. The molecule has 1 heterocycles. The summed E-state index contributed by atoms with van der Waals surface area (Å²) >= 11 is 0. The van der Waals surface area contributed by atoms with E-state index in [4.69, 9.17) is 4.74 Å². The van der Waals surface area contributed by atoms with Crippen LogP contribution >= 0.6 is 0 Å². The predicted octanol–water partition coefficient (Wildman–Crippen LogP) is 2.65. The lowest BCUT2D eigenvalue weighted by atomic mass is 10.1. The Kier molecular flexibility index (Phi) is 6.01. The maximum Gasteiger partial charge on any atom is 0.271 e. The second kappa shape index (κ2) is 8.19. The fourth-order valence-corrected chi connectivity index (χ4v) is 2.41. The zero-order valence-electron chi connectivity index (χ0n) is 14.2. The van der Waals surface area contributed by atoms with Crippen molar-refractivity contribution in [3.63, 3.8) is 0 Å². The number of amides is 2. The molecule has 0 saturated carbocycles. The average Bonchev–Trinajstić information content (AvgIpc) is 3.04. The van der Waals surface area contributed by atoms with Gasteiger partial charge < -0.3 is 20.4 Å². The van der Waals surface area contributed by atoms with E-state index >= 15 is 0 Å². The zero-order valence-corrected chi connectivity index (χ0v) is 14.2. The Morgan fingerprint density at radius 3 is 2.46 bits per heavy atom. The van der Waals surface area contributed by atoms with Gasteiger partial charge in [0.2, 0.25) is 0 Å². The van der Waals surface area contributed by atoms with E-state index in [0.29, 0.717) is 18.0 Å². The van der Waals surface area contributed by atoms with Gasteiger partial charge in [0, 0.05) is 19.7 Å². The molecule has 6 nitrogen and oxygen atoms in total. The summed E-state index contributed by atoms with van der Waals surface area (Å²) in [6, 6.07) is 11.4. The van der Waals surface area contributed by atoms with Gasteiger partial charge in [0.05, 0.1) is 0 Å². The maximum atomic E-state index is 12.1. The van der Waals surface area contributed by atoms with Crippen LogP contribution in [0.4, 0.5) is 0 Å². The number of aromatic amines is 1. The van der Waals surface area contributed by atoms with Crippen molar-refractivity contribution in [3.8, 4) is 5.75 Å². The molecule has 0 aliphatic carbocycles. The topological polar surface area (TPSA) is 83.2 Å². The van der Waals surface area contributed by atoms with Crippen molar-refractivity contribution in [2.75, 3.05) is 13.6 Å². The van der Waals surface area contributed by atoms with Crippen LogP contribution in [-0.2, 0) is 0 Å². The van der Waals surface area contributed by atoms with Gasteiger partial charge >= 0.3 is 0 Å². The summed E-state index contributed by atoms with van der Waals surface area (Å²) in [5.74, 6) is -0.236. The van der Waals surface area contributed by atoms with Gasteiger partial charge in [-0.05, 0) is 18.9 Å². The summed E-state index contributed by atoms with van der Waals surface area (Å²) in [7, 11) is 1.53. The number of ether oxygens (including phenoxy) is 1. The summed E-state index contributed by atoms with van der Waals surface area (Å²) in [4.78, 5) is 26.9. The standard InChI is InChI=1S/C18H23N3O3/c1-4-14(12-9-7-6-8-10-12)24-15-11-13(17(22)20-5-2)21-16(15)18(23)19-3/h6-11,14,21H,4-5H2,1-3H3,(H,19,23)(H,20,22). The monoisotopic (exact) mass is 329 g/mol. The highest BCUT2D eigenvalue weighted by Gasteiger charge is 2.22. The molecule has 6 heteroatoms. The minimum Gasteiger partial charge on any atom is -0.483 e. The largest absolute Gasteiger partial charge is 0.483 e. The average molecular weight is 329 g/mol. The molecule has 2 aromatic rings. The molecular formula is C18H23N3O3. The van der Waals surface area contributed by atoms with Crippen LogP contribution in [-0.4, -0.2) is 30.4 Å². The van der Waals surface area contributed by atoms with Crippen molar-refractivity contribution >= 4 is 11.8 Å². The van der Waals surface area contributed by atoms with E-state index in [2.05, 4.69) is 15.6 Å². The number of hydrogen-bond acceptors (Lipinski definition) is 3. The first-order valence-corrected chi connectivity index (χ1v) is 8.05. The molecular weight excluding hydrogens is 306 g/mol. The highest BCUT2D eigenvalue weighted by Crippen LogP contribution is 2.28. The second-order valence-electron chi connectivity index (χ2n) is 5.29. The molecule has 0 radical (unpaired) electrons. The summed E-state index contributed by atoms with van der Waals surface area (Å²) in [5, 5.41) is 5.26. The van der Waals surface area contributed by atoms with Gasteiger partial charge in [0.25, 0.3) is 11.8 Å². The van der Waals surface area contributed by atoms with Crippen LogP contribution in [0, 0.1) is 0 Å². The van der Waals surface area contributed by atoms with Crippen LogP contribution < -0.4 is 15.4 Å². The van der Waals surface area contributed by atoms with E-state index in [-0.39, 0.29) is 23.6 Å². The van der Waals surface area contributed by atoms with Gasteiger partial charge in [-0.3, -0.25) is 9.59 Å². The molecule has 128 valence electrons. The molecule has 2 rings (SSSR count). The van der Waals surface area contributed by atoms with Crippen LogP contribution in [0.5, 0.6) is 5.75 Å². The maximum absolute atomic E-state index is 12.1. The summed E-state index contributed by atoms with van der Waals surface area (Å²) in [5.41, 5.74) is 1.56. The quantitative estimate of drug-likeness (QED) is 0.730. The van der Waals surface area contributed by atoms with Gasteiger partial charge in [0.1, 0.15) is 17.5 Å². The molecule has 1 atom stereocenters. The molecule has 0 aliphatic heterocycles. The minimum atomic E-state index is -0.330. The van der Waals surface area contributed by atoms with E-state index in [1.807, 2.05) is 44.2 Å². The number of carbonyl (C=O) groups excluding carboxylic acids is 2. The third-order valence-electron chi connectivity index (χ3n) is 3.63. The molecule has 0 fully saturated rings. The smallest absolute Gasteiger partial charge is 0.271 e. The number of rotatable bonds is 7. The third kappa shape index (κ3) is 3.95. The lowest BCUT2D eigenvalue weighted by Crippen LogP contribution is -2.23. The number of nitrogens with one attached hydrogen (secondary N) is 3. The van der Waals surface area contributed by atoms with Gasteiger partial charge in [-0.15, -0.1) is 0 Å². The normalized spacial score (nSPS) is 11.6.